The molecule has 0 saturated carbocycles. The molecule has 0 spiro atoms. The van der Waals surface area contributed by atoms with Crippen molar-refractivity contribution in [1.29, 1.82) is 0 Å². The summed E-state index contributed by atoms with van der Waals surface area (Å²) in [5, 5.41) is 4.15. The maximum atomic E-state index is 12.8. The molecule has 0 atom stereocenters. The van der Waals surface area contributed by atoms with Gasteiger partial charge in [-0.1, -0.05) is 18.2 Å². The van der Waals surface area contributed by atoms with Crippen LogP contribution in [0.2, 0.25) is 0 Å². The van der Waals surface area contributed by atoms with Crippen molar-refractivity contribution in [2.75, 3.05) is 43.4 Å². The lowest BCUT2D eigenvalue weighted by molar-refractivity contribution is -0.115. The largest absolute Gasteiger partial charge is 0.350 e. The molecule has 4 rings (SSSR count). The average Bonchev–Trinajstić information content (AvgIpc) is 3.01. The van der Waals surface area contributed by atoms with E-state index in [1.54, 1.807) is 0 Å². The highest BCUT2D eigenvalue weighted by atomic mass is 16.1. The van der Waals surface area contributed by atoms with Crippen LogP contribution in [0.5, 0.6) is 0 Å². The van der Waals surface area contributed by atoms with Crippen LogP contribution in [0, 0.1) is 13.8 Å². The summed E-state index contributed by atoms with van der Waals surface area (Å²) in [6.07, 6.45) is 2.34. The number of hydrogen-bond acceptors (Lipinski definition) is 5. The van der Waals surface area contributed by atoms with E-state index in [0.29, 0.717) is 12.1 Å². The zero-order valence-corrected chi connectivity index (χ0v) is 17.6. The molecule has 1 fully saturated rings. The van der Waals surface area contributed by atoms with Gasteiger partial charge in [-0.3, -0.25) is 4.79 Å². The van der Waals surface area contributed by atoms with E-state index in [1.807, 2.05) is 39.2 Å². The Balaban J connectivity index is 1.50. The van der Waals surface area contributed by atoms with Crippen molar-refractivity contribution in [1.82, 2.24) is 19.4 Å². The number of benzene rings is 1. The Kier molecular flexibility index (Phi) is 5.24. The van der Waals surface area contributed by atoms with E-state index in [9.17, 15) is 4.79 Å². The molecule has 7 nitrogen and oxygen atoms in total. The van der Waals surface area contributed by atoms with Crippen molar-refractivity contribution in [3.8, 4) is 0 Å². The first-order chi connectivity index (χ1) is 13.9. The van der Waals surface area contributed by atoms with Crippen molar-refractivity contribution in [2.24, 2.45) is 7.05 Å². The maximum Gasteiger partial charge on any atom is 0.228 e. The zero-order valence-electron chi connectivity index (χ0n) is 17.6. The monoisotopic (exact) mass is 392 g/mol. The number of amides is 1. The quantitative estimate of drug-likeness (QED) is 0.739. The topological polar surface area (TPSA) is 66.3 Å². The molecule has 1 amide bonds. The summed E-state index contributed by atoms with van der Waals surface area (Å²) in [5.74, 6) is 0.698. The number of nitrogens with one attached hydrogen (secondary N) is 1. The third-order valence-corrected chi connectivity index (χ3v) is 5.64. The lowest BCUT2D eigenvalue weighted by Crippen LogP contribution is -2.45. The third-order valence-electron chi connectivity index (χ3n) is 5.64. The number of para-hydroxylation sites is 1. The van der Waals surface area contributed by atoms with E-state index in [-0.39, 0.29) is 5.91 Å². The summed E-state index contributed by atoms with van der Waals surface area (Å²) in [7, 11) is 4.13. The van der Waals surface area contributed by atoms with Crippen molar-refractivity contribution in [2.45, 2.75) is 20.3 Å². The molecule has 1 N–H and O–H groups in total. The molecule has 1 aliphatic rings. The lowest BCUT2D eigenvalue weighted by Gasteiger charge is -2.32. The highest BCUT2D eigenvalue weighted by Crippen LogP contribution is 2.24. The molecule has 0 bridgehead atoms. The van der Waals surface area contributed by atoms with Gasteiger partial charge in [-0.25, -0.2) is 9.97 Å². The minimum absolute atomic E-state index is 0.0523. The predicted molar refractivity (Wildman–Crippen MR) is 116 cm³/mol. The normalized spacial score (nSPS) is 15.1. The molecule has 7 heteroatoms. The highest BCUT2D eigenvalue weighted by Gasteiger charge is 2.19. The molecule has 3 aromatic rings. The van der Waals surface area contributed by atoms with E-state index >= 15 is 0 Å². The van der Waals surface area contributed by atoms with Crippen LogP contribution < -0.4 is 10.2 Å². The number of aryl methyl sites for hydroxylation is 3. The van der Waals surface area contributed by atoms with Gasteiger partial charge < -0.3 is 19.7 Å². The predicted octanol–water partition coefficient (Wildman–Crippen LogP) is 2.52. The van der Waals surface area contributed by atoms with Crippen molar-refractivity contribution < 1.29 is 4.79 Å². The Hall–Kier alpha value is -2.93. The Bertz CT molecular complexity index is 1030. The Morgan fingerprint density at radius 3 is 2.38 bits per heavy atom. The number of anilines is 2. The van der Waals surface area contributed by atoms with Gasteiger partial charge in [0.15, 0.2) is 0 Å². The number of piperazine rings is 1. The van der Waals surface area contributed by atoms with Gasteiger partial charge in [0.25, 0.3) is 0 Å². The number of carbonyl (C=O) groups is 1. The van der Waals surface area contributed by atoms with Crippen LogP contribution in [0.25, 0.3) is 10.9 Å². The second-order valence-corrected chi connectivity index (χ2v) is 7.87. The summed E-state index contributed by atoms with van der Waals surface area (Å²) in [4.78, 5) is 26.6. The number of fused-ring (bicyclic) bond motifs is 1. The summed E-state index contributed by atoms with van der Waals surface area (Å²) >= 11 is 0. The molecule has 0 aliphatic carbocycles. The molecule has 152 valence electrons. The van der Waals surface area contributed by atoms with Crippen molar-refractivity contribution >= 4 is 28.4 Å². The summed E-state index contributed by atoms with van der Waals surface area (Å²) in [6, 6.07) is 8.14. The van der Waals surface area contributed by atoms with Gasteiger partial charge in [0.2, 0.25) is 11.9 Å². The van der Waals surface area contributed by atoms with Crippen LogP contribution in [0.15, 0.2) is 30.5 Å². The van der Waals surface area contributed by atoms with Crippen molar-refractivity contribution in [3.63, 3.8) is 0 Å². The number of hydrogen-bond donors (Lipinski definition) is 1. The van der Waals surface area contributed by atoms with Gasteiger partial charge in [0, 0.05) is 50.3 Å². The fourth-order valence-corrected chi connectivity index (χ4v) is 3.95. The Labute approximate surface area is 171 Å². The van der Waals surface area contributed by atoms with Crippen molar-refractivity contribution in [3.05, 3.63) is 47.4 Å². The summed E-state index contributed by atoms with van der Waals surface area (Å²) in [6.45, 7) is 7.71. The van der Waals surface area contributed by atoms with Gasteiger partial charge in [-0.15, -0.1) is 0 Å². The van der Waals surface area contributed by atoms with Crippen LogP contribution >= 0.6 is 0 Å². The van der Waals surface area contributed by atoms with Gasteiger partial charge in [-0.05, 0) is 32.5 Å². The van der Waals surface area contributed by atoms with Gasteiger partial charge in [0.1, 0.15) is 0 Å². The minimum Gasteiger partial charge on any atom is -0.350 e. The van der Waals surface area contributed by atoms with Crippen LogP contribution in [0.4, 0.5) is 11.6 Å². The Morgan fingerprint density at radius 2 is 1.69 bits per heavy atom. The van der Waals surface area contributed by atoms with E-state index in [0.717, 1.165) is 60.0 Å². The number of rotatable bonds is 4. The molecule has 0 radical (unpaired) electrons. The first-order valence-corrected chi connectivity index (χ1v) is 10.0. The molecule has 0 unspecified atom stereocenters. The molecule has 1 aromatic carbocycles. The molecule has 2 aromatic heterocycles. The first kappa shape index (κ1) is 19.4. The Morgan fingerprint density at radius 1 is 1.03 bits per heavy atom. The first-order valence-electron chi connectivity index (χ1n) is 10.0. The van der Waals surface area contributed by atoms with Crippen LogP contribution in [0.1, 0.15) is 17.0 Å². The summed E-state index contributed by atoms with van der Waals surface area (Å²) in [5.41, 5.74) is 4.47. The molecular formula is C22H28N6O. The summed E-state index contributed by atoms with van der Waals surface area (Å²) < 4.78 is 2.06. The van der Waals surface area contributed by atoms with Crippen LogP contribution in [-0.2, 0) is 18.3 Å². The maximum absolute atomic E-state index is 12.8. The molecule has 1 saturated heterocycles. The van der Waals surface area contributed by atoms with E-state index in [1.165, 1.54) is 0 Å². The smallest absolute Gasteiger partial charge is 0.228 e. The number of nitrogens with zero attached hydrogens (tertiary/aromatic N) is 5. The fourth-order valence-electron chi connectivity index (χ4n) is 3.95. The second kappa shape index (κ2) is 7.83. The number of aromatic nitrogens is 3. The highest BCUT2D eigenvalue weighted by molar-refractivity contribution is 5.96. The molecule has 29 heavy (non-hydrogen) atoms. The van der Waals surface area contributed by atoms with Gasteiger partial charge in [-0.2, -0.15) is 0 Å². The zero-order chi connectivity index (χ0) is 20.5. The SMILES string of the molecule is Cc1nc(N2CCN(C)CC2)nc(C)c1NC(=O)Cc1cn(C)c2ccccc12. The number of likely N-dealkylation sites (N-methyl/N-ethyl adjacent to an activating group) is 1. The standard InChI is InChI=1S/C22H28N6O/c1-15-21(16(2)24-22(23-15)28-11-9-26(3)10-12-28)25-20(29)13-17-14-27(4)19-8-6-5-7-18(17)19/h5-8,14H,9-13H2,1-4H3,(H,25,29). The van der Waals surface area contributed by atoms with Crippen LogP contribution in [0.3, 0.4) is 0 Å². The van der Waals surface area contributed by atoms with E-state index < -0.39 is 0 Å². The van der Waals surface area contributed by atoms with Gasteiger partial charge >= 0.3 is 0 Å². The number of carbonyl (C=O) groups excluding carboxylic acids is 1. The molecule has 3 heterocycles. The average molecular weight is 393 g/mol. The lowest BCUT2D eigenvalue weighted by atomic mass is 10.1. The molecule has 1 aliphatic heterocycles. The third kappa shape index (κ3) is 3.96. The molecular weight excluding hydrogens is 364 g/mol. The minimum atomic E-state index is -0.0523. The van der Waals surface area contributed by atoms with Gasteiger partial charge in [0.05, 0.1) is 23.5 Å². The fraction of sp³-hybridized carbons (Fsp3) is 0.409. The second-order valence-electron chi connectivity index (χ2n) is 7.87. The van der Waals surface area contributed by atoms with E-state index in [2.05, 4.69) is 48.8 Å². The van der Waals surface area contributed by atoms with Crippen LogP contribution in [-0.4, -0.2) is 58.6 Å². The van der Waals surface area contributed by atoms with E-state index in [4.69, 9.17) is 0 Å².